The van der Waals surface area contributed by atoms with Gasteiger partial charge in [-0.2, -0.15) is 0 Å². The Hall–Kier alpha value is -1.26. The van der Waals surface area contributed by atoms with Gasteiger partial charge in [0.25, 0.3) is 0 Å². The molecule has 1 unspecified atom stereocenters. The number of hydrogen-bond donors (Lipinski definition) is 0. The van der Waals surface area contributed by atoms with Crippen LogP contribution in [0.3, 0.4) is 0 Å². The molecule has 3 rings (SSSR count). The van der Waals surface area contributed by atoms with Gasteiger partial charge in [-0.3, -0.25) is 4.99 Å². The van der Waals surface area contributed by atoms with E-state index < -0.39 is 5.62 Å². The van der Waals surface area contributed by atoms with Crippen LogP contribution >= 0.6 is 23.2 Å². The van der Waals surface area contributed by atoms with Gasteiger partial charge in [0.05, 0.1) is 0 Å². The standard InChI is InChI=1S/C13H12Cl2FN3/c1-18-12-8(7-17-13(18)15)2-3-19(12)11-5-9(14)4-10(16)6-11/h4-7,13H,2-3H2,1H3. The smallest absolute Gasteiger partial charge is 0.198 e. The minimum absolute atomic E-state index is 0.342. The summed E-state index contributed by atoms with van der Waals surface area (Å²) < 4.78 is 13.5. The van der Waals surface area contributed by atoms with E-state index in [-0.39, 0.29) is 5.82 Å². The molecule has 0 saturated carbocycles. The van der Waals surface area contributed by atoms with Crippen LogP contribution in [0, 0.1) is 5.82 Å². The minimum atomic E-state index is -0.427. The van der Waals surface area contributed by atoms with Crippen LogP contribution in [0.4, 0.5) is 10.1 Å². The first-order valence-electron chi connectivity index (χ1n) is 5.93. The summed E-state index contributed by atoms with van der Waals surface area (Å²) >= 11 is 12.0. The maximum Gasteiger partial charge on any atom is 0.198 e. The highest BCUT2D eigenvalue weighted by Gasteiger charge is 2.31. The number of aliphatic imine (C=N–C) groups is 1. The molecule has 0 radical (unpaired) electrons. The molecular formula is C13H12Cl2FN3. The largest absolute Gasteiger partial charge is 0.327 e. The van der Waals surface area contributed by atoms with Gasteiger partial charge >= 0.3 is 0 Å². The molecule has 0 aromatic heterocycles. The second-order valence-electron chi connectivity index (χ2n) is 4.58. The Morgan fingerprint density at radius 3 is 2.89 bits per heavy atom. The monoisotopic (exact) mass is 299 g/mol. The number of hydrogen-bond acceptors (Lipinski definition) is 3. The van der Waals surface area contributed by atoms with Crippen molar-refractivity contribution in [2.75, 3.05) is 18.5 Å². The number of alkyl halides is 1. The molecule has 0 amide bonds. The van der Waals surface area contributed by atoms with Crippen molar-refractivity contribution in [2.45, 2.75) is 12.0 Å². The molecule has 6 heteroatoms. The number of nitrogens with zero attached hydrogens (tertiary/aromatic N) is 3. The van der Waals surface area contributed by atoms with Crippen molar-refractivity contribution < 1.29 is 4.39 Å². The third kappa shape index (κ3) is 2.19. The summed E-state index contributed by atoms with van der Waals surface area (Å²) in [4.78, 5) is 8.09. The first kappa shape index (κ1) is 12.8. The van der Waals surface area contributed by atoms with E-state index in [2.05, 4.69) is 4.99 Å². The predicted octanol–water partition coefficient (Wildman–Crippen LogP) is 3.44. The van der Waals surface area contributed by atoms with Crippen molar-refractivity contribution in [3.8, 4) is 0 Å². The van der Waals surface area contributed by atoms with E-state index in [1.807, 2.05) is 16.8 Å². The summed E-state index contributed by atoms with van der Waals surface area (Å²) in [5.41, 5.74) is 1.42. The molecule has 1 atom stereocenters. The van der Waals surface area contributed by atoms with Gasteiger partial charge in [-0.15, -0.1) is 0 Å². The molecule has 2 aliphatic rings. The summed E-state index contributed by atoms with van der Waals surface area (Å²) in [7, 11) is 1.88. The van der Waals surface area contributed by atoms with Crippen molar-refractivity contribution in [3.05, 3.63) is 40.4 Å². The number of anilines is 1. The Labute approximate surface area is 120 Å². The van der Waals surface area contributed by atoms with Gasteiger partial charge in [0, 0.05) is 36.1 Å². The van der Waals surface area contributed by atoms with Crippen LogP contribution in [-0.4, -0.2) is 30.3 Å². The highest BCUT2D eigenvalue weighted by atomic mass is 35.5. The zero-order chi connectivity index (χ0) is 13.6. The summed E-state index contributed by atoms with van der Waals surface area (Å²) in [6.07, 6.45) is 2.66. The molecule has 0 fully saturated rings. The average molecular weight is 300 g/mol. The highest BCUT2D eigenvalue weighted by Crippen LogP contribution is 2.35. The molecule has 2 aliphatic heterocycles. The van der Waals surface area contributed by atoms with Crippen LogP contribution in [-0.2, 0) is 0 Å². The molecule has 0 spiro atoms. The summed E-state index contributed by atoms with van der Waals surface area (Å²) in [5.74, 6) is 0.628. The third-order valence-corrected chi connectivity index (χ3v) is 3.94. The number of rotatable bonds is 1. The van der Waals surface area contributed by atoms with E-state index >= 15 is 0 Å². The van der Waals surface area contributed by atoms with Crippen molar-refractivity contribution >= 4 is 35.1 Å². The van der Waals surface area contributed by atoms with Gasteiger partial charge in [0.15, 0.2) is 5.62 Å². The zero-order valence-corrected chi connectivity index (χ0v) is 11.8. The maximum atomic E-state index is 13.5. The van der Waals surface area contributed by atoms with E-state index in [9.17, 15) is 4.39 Å². The van der Waals surface area contributed by atoms with Gasteiger partial charge in [-0.25, -0.2) is 4.39 Å². The zero-order valence-electron chi connectivity index (χ0n) is 10.3. The lowest BCUT2D eigenvalue weighted by molar-refractivity contribution is 0.381. The fourth-order valence-electron chi connectivity index (χ4n) is 2.46. The Morgan fingerprint density at radius 1 is 1.37 bits per heavy atom. The Morgan fingerprint density at radius 2 is 2.16 bits per heavy atom. The van der Waals surface area contributed by atoms with Crippen LogP contribution < -0.4 is 4.90 Å². The van der Waals surface area contributed by atoms with Gasteiger partial charge in [0.2, 0.25) is 0 Å². The fraction of sp³-hybridized carbons (Fsp3) is 0.308. The van der Waals surface area contributed by atoms with E-state index in [1.54, 1.807) is 12.3 Å². The predicted molar refractivity (Wildman–Crippen MR) is 76.3 cm³/mol. The molecule has 0 bridgehead atoms. The van der Waals surface area contributed by atoms with Crippen LogP contribution in [0.25, 0.3) is 0 Å². The highest BCUT2D eigenvalue weighted by molar-refractivity contribution is 6.30. The normalized spacial score (nSPS) is 22.2. The van der Waals surface area contributed by atoms with Crippen LogP contribution in [0.2, 0.25) is 5.02 Å². The molecule has 1 aromatic carbocycles. The Kier molecular flexibility index (Phi) is 3.15. The van der Waals surface area contributed by atoms with Gasteiger partial charge in [0.1, 0.15) is 11.6 Å². The van der Waals surface area contributed by atoms with E-state index in [4.69, 9.17) is 23.2 Å². The van der Waals surface area contributed by atoms with Crippen molar-refractivity contribution in [1.82, 2.24) is 4.90 Å². The average Bonchev–Trinajstić information content (AvgIpc) is 2.77. The van der Waals surface area contributed by atoms with Crippen LogP contribution in [0.5, 0.6) is 0 Å². The fourth-order valence-corrected chi connectivity index (χ4v) is 2.83. The molecule has 0 N–H and O–H groups in total. The van der Waals surface area contributed by atoms with Crippen molar-refractivity contribution in [2.24, 2.45) is 4.99 Å². The van der Waals surface area contributed by atoms with Gasteiger partial charge in [-0.05, 0) is 24.6 Å². The lowest BCUT2D eigenvalue weighted by Crippen LogP contribution is -2.36. The minimum Gasteiger partial charge on any atom is -0.327 e. The Balaban J connectivity index is 2.02. The van der Waals surface area contributed by atoms with Crippen LogP contribution in [0.15, 0.2) is 34.6 Å². The van der Waals surface area contributed by atoms with E-state index in [0.29, 0.717) is 5.02 Å². The first-order valence-corrected chi connectivity index (χ1v) is 6.74. The second-order valence-corrected chi connectivity index (χ2v) is 5.40. The number of halogens is 3. The molecule has 1 aromatic rings. The van der Waals surface area contributed by atoms with Crippen molar-refractivity contribution in [1.29, 1.82) is 0 Å². The van der Waals surface area contributed by atoms with E-state index in [1.165, 1.54) is 12.1 Å². The molecule has 0 saturated heterocycles. The number of benzene rings is 1. The molecular weight excluding hydrogens is 288 g/mol. The maximum absolute atomic E-state index is 13.5. The summed E-state index contributed by atoms with van der Waals surface area (Å²) in [5, 5.41) is 0.388. The molecule has 19 heavy (non-hydrogen) atoms. The third-order valence-electron chi connectivity index (χ3n) is 3.31. The Bertz CT molecular complexity index is 565. The summed E-state index contributed by atoms with van der Waals surface area (Å²) in [6, 6.07) is 4.53. The van der Waals surface area contributed by atoms with Crippen molar-refractivity contribution in [3.63, 3.8) is 0 Å². The SMILES string of the molecule is CN1C2=C(C=NC1Cl)CCN2c1cc(F)cc(Cl)c1. The van der Waals surface area contributed by atoms with E-state index in [0.717, 1.165) is 30.0 Å². The first-order chi connectivity index (χ1) is 9.06. The second kappa shape index (κ2) is 4.69. The summed E-state index contributed by atoms with van der Waals surface area (Å²) in [6.45, 7) is 0.768. The quantitative estimate of drug-likeness (QED) is 0.584. The lowest BCUT2D eigenvalue weighted by atomic mass is 10.2. The van der Waals surface area contributed by atoms with Gasteiger partial charge in [-0.1, -0.05) is 23.2 Å². The van der Waals surface area contributed by atoms with Crippen LogP contribution in [0.1, 0.15) is 6.42 Å². The molecule has 3 nitrogen and oxygen atoms in total. The molecule has 100 valence electrons. The lowest BCUT2D eigenvalue weighted by Gasteiger charge is -2.33. The topological polar surface area (TPSA) is 18.8 Å². The van der Waals surface area contributed by atoms with Gasteiger partial charge < -0.3 is 9.80 Å². The molecule has 0 aliphatic carbocycles. The molecule has 2 heterocycles.